The van der Waals surface area contributed by atoms with Gasteiger partial charge < -0.3 is 9.80 Å². The lowest BCUT2D eigenvalue weighted by atomic mass is 10.1. The SMILES string of the molecule is Cc1cccc(C(=O)N2CCCN(C)C(=O)C2)c1F. The lowest BCUT2D eigenvalue weighted by molar-refractivity contribution is -0.129. The lowest BCUT2D eigenvalue weighted by Gasteiger charge is -2.20. The molecular weight excluding hydrogens is 247 g/mol. The highest BCUT2D eigenvalue weighted by atomic mass is 19.1. The Morgan fingerprint density at radius 3 is 2.79 bits per heavy atom. The maximum Gasteiger partial charge on any atom is 0.257 e. The van der Waals surface area contributed by atoms with Gasteiger partial charge >= 0.3 is 0 Å². The second-order valence-corrected chi connectivity index (χ2v) is 4.83. The fourth-order valence-electron chi connectivity index (χ4n) is 2.14. The summed E-state index contributed by atoms with van der Waals surface area (Å²) >= 11 is 0. The van der Waals surface area contributed by atoms with E-state index in [9.17, 15) is 14.0 Å². The maximum atomic E-state index is 13.9. The Kier molecular flexibility index (Phi) is 3.83. The number of hydrogen-bond donors (Lipinski definition) is 0. The van der Waals surface area contributed by atoms with Gasteiger partial charge in [-0.1, -0.05) is 12.1 Å². The van der Waals surface area contributed by atoms with Crippen LogP contribution in [0.2, 0.25) is 0 Å². The first-order chi connectivity index (χ1) is 9.00. The molecule has 1 fully saturated rings. The number of carbonyl (C=O) groups excluding carboxylic acids is 2. The van der Waals surface area contributed by atoms with E-state index in [1.165, 1.54) is 11.0 Å². The zero-order chi connectivity index (χ0) is 14.0. The summed E-state index contributed by atoms with van der Waals surface area (Å²) in [6.45, 7) is 2.73. The Morgan fingerprint density at radius 2 is 2.05 bits per heavy atom. The van der Waals surface area contributed by atoms with Crippen molar-refractivity contribution in [3.05, 3.63) is 35.1 Å². The van der Waals surface area contributed by atoms with E-state index in [1.54, 1.807) is 31.0 Å². The van der Waals surface area contributed by atoms with E-state index in [1.807, 2.05) is 0 Å². The van der Waals surface area contributed by atoms with Crippen LogP contribution in [-0.2, 0) is 4.79 Å². The van der Waals surface area contributed by atoms with Crippen LogP contribution < -0.4 is 0 Å². The number of likely N-dealkylation sites (N-methyl/N-ethyl adjacent to an activating group) is 1. The van der Waals surface area contributed by atoms with Crippen molar-refractivity contribution in [2.24, 2.45) is 0 Å². The Balaban J connectivity index is 2.24. The third kappa shape index (κ3) is 2.75. The molecule has 1 aliphatic heterocycles. The zero-order valence-electron chi connectivity index (χ0n) is 11.1. The summed E-state index contributed by atoms with van der Waals surface area (Å²) in [7, 11) is 1.71. The van der Waals surface area contributed by atoms with E-state index in [2.05, 4.69) is 0 Å². The quantitative estimate of drug-likeness (QED) is 0.770. The van der Waals surface area contributed by atoms with Crippen LogP contribution in [0.1, 0.15) is 22.3 Å². The molecule has 0 aromatic heterocycles. The van der Waals surface area contributed by atoms with Crippen molar-refractivity contribution < 1.29 is 14.0 Å². The molecule has 0 unspecified atom stereocenters. The number of carbonyl (C=O) groups is 2. The molecule has 19 heavy (non-hydrogen) atoms. The molecule has 5 heteroatoms. The van der Waals surface area contributed by atoms with E-state index >= 15 is 0 Å². The monoisotopic (exact) mass is 264 g/mol. The second-order valence-electron chi connectivity index (χ2n) is 4.83. The van der Waals surface area contributed by atoms with Crippen LogP contribution in [0.5, 0.6) is 0 Å². The number of rotatable bonds is 1. The third-order valence-electron chi connectivity index (χ3n) is 3.38. The molecular formula is C14H17FN2O2. The molecule has 1 aliphatic rings. The van der Waals surface area contributed by atoms with Crippen LogP contribution in [0.3, 0.4) is 0 Å². The summed E-state index contributed by atoms with van der Waals surface area (Å²) in [4.78, 5) is 27.1. The second kappa shape index (κ2) is 5.38. The fraction of sp³-hybridized carbons (Fsp3) is 0.429. The van der Waals surface area contributed by atoms with Gasteiger partial charge in [-0.3, -0.25) is 9.59 Å². The smallest absolute Gasteiger partial charge is 0.257 e. The molecule has 0 N–H and O–H groups in total. The summed E-state index contributed by atoms with van der Waals surface area (Å²) in [6.07, 6.45) is 0.710. The topological polar surface area (TPSA) is 40.6 Å². The highest BCUT2D eigenvalue weighted by molar-refractivity contribution is 5.97. The molecule has 4 nitrogen and oxygen atoms in total. The van der Waals surface area contributed by atoms with Gasteiger partial charge in [0.15, 0.2) is 0 Å². The Morgan fingerprint density at radius 1 is 1.32 bits per heavy atom. The van der Waals surface area contributed by atoms with Crippen molar-refractivity contribution in [1.82, 2.24) is 9.80 Å². The molecule has 1 aromatic carbocycles. The first kappa shape index (κ1) is 13.5. The van der Waals surface area contributed by atoms with Crippen molar-refractivity contribution in [2.45, 2.75) is 13.3 Å². The highest BCUT2D eigenvalue weighted by Gasteiger charge is 2.25. The highest BCUT2D eigenvalue weighted by Crippen LogP contribution is 2.15. The van der Waals surface area contributed by atoms with Crippen LogP contribution in [0.15, 0.2) is 18.2 Å². The van der Waals surface area contributed by atoms with Gasteiger partial charge in [0, 0.05) is 20.1 Å². The predicted molar refractivity (Wildman–Crippen MR) is 69.3 cm³/mol. The van der Waals surface area contributed by atoms with Crippen LogP contribution in [0.25, 0.3) is 0 Å². The molecule has 0 aliphatic carbocycles. The van der Waals surface area contributed by atoms with E-state index < -0.39 is 11.7 Å². The minimum absolute atomic E-state index is 0.0166. The van der Waals surface area contributed by atoms with E-state index in [0.717, 1.165) is 0 Å². The minimum atomic E-state index is -0.502. The molecule has 1 aromatic rings. The first-order valence-corrected chi connectivity index (χ1v) is 6.29. The minimum Gasteiger partial charge on any atom is -0.344 e. The zero-order valence-corrected chi connectivity index (χ0v) is 11.1. The molecule has 0 spiro atoms. The Hall–Kier alpha value is -1.91. The molecule has 2 amide bonds. The van der Waals surface area contributed by atoms with Crippen molar-refractivity contribution in [2.75, 3.05) is 26.7 Å². The van der Waals surface area contributed by atoms with Crippen LogP contribution in [0.4, 0.5) is 4.39 Å². The van der Waals surface area contributed by atoms with Gasteiger partial charge in [-0.25, -0.2) is 4.39 Å². The molecule has 0 saturated carbocycles. The summed E-state index contributed by atoms with van der Waals surface area (Å²) < 4.78 is 13.9. The molecule has 102 valence electrons. The van der Waals surface area contributed by atoms with Gasteiger partial charge in [0.2, 0.25) is 5.91 Å². The Labute approximate surface area is 111 Å². The van der Waals surface area contributed by atoms with Gasteiger partial charge in [-0.15, -0.1) is 0 Å². The van der Waals surface area contributed by atoms with Crippen molar-refractivity contribution in [3.8, 4) is 0 Å². The van der Waals surface area contributed by atoms with Crippen molar-refractivity contribution in [3.63, 3.8) is 0 Å². The van der Waals surface area contributed by atoms with Crippen molar-refractivity contribution >= 4 is 11.8 Å². The normalized spacial score (nSPS) is 16.5. The number of aryl methyl sites for hydroxylation is 1. The molecule has 0 radical (unpaired) electrons. The number of amides is 2. The number of hydrogen-bond acceptors (Lipinski definition) is 2. The number of benzene rings is 1. The summed E-state index contributed by atoms with van der Waals surface area (Å²) in [5.74, 6) is -1.03. The molecule has 0 bridgehead atoms. The van der Waals surface area contributed by atoms with Gasteiger partial charge in [0.25, 0.3) is 5.91 Å². The Bertz CT molecular complexity index is 516. The van der Waals surface area contributed by atoms with Crippen LogP contribution >= 0.6 is 0 Å². The maximum absolute atomic E-state index is 13.9. The van der Waals surface area contributed by atoms with Gasteiger partial charge in [-0.2, -0.15) is 0 Å². The van der Waals surface area contributed by atoms with E-state index in [0.29, 0.717) is 25.1 Å². The lowest BCUT2D eigenvalue weighted by Crippen LogP contribution is -2.38. The largest absolute Gasteiger partial charge is 0.344 e. The molecule has 1 saturated heterocycles. The average Bonchev–Trinajstić information content (AvgIpc) is 2.55. The summed E-state index contributed by atoms with van der Waals surface area (Å²) in [5, 5.41) is 0. The van der Waals surface area contributed by atoms with Gasteiger partial charge in [-0.05, 0) is 25.0 Å². The van der Waals surface area contributed by atoms with E-state index in [-0.39, 0.29) is 18.0 Å². The average molecular weight is 264 g/mol. The number of nitrogens with zero attached hydrogens (tertiary/aromatic N) is 2. The third-order valence-corrected chi connectivity index (χ3v) is 3.38. The first-order valence-electron chi connectivity index (χ1n) is 6.29. The summed E-state index contributed by atoms with van der Waals surface area (Å²) in [5.41, 5.74) is 0.474. The van der Waals surface area contributed by atoms with Crippen molar-refractivity contribution in [1.29, 1.82) is 0 Å². The van der Waals surface area contributed by atoms with E-state index in [4.69, 9.17) is 0 Å². The fourth-order valence-corrected chi connectivity index (χ4v) is 2.14. The summed E-state index contributed by atoms with van der Waals surface area (Å²) in [6, 6.07) is 4.73. The molecule has 1 heterocycles. The predicted octanol–water partition coefficient (Wildman–Crippen LogP) is 1.44. The van der Waals surface area contributed by atoms with Crippen LogP contribution in [0, 0.1) is 12.7 Å². The standard InChI is InChI=1S/C14H17FN2O2/c1-10-5-3-6-11(13(10)15)14(19)17-8-4-7-16(2)12(18)9-17/h3,5-6H,4,7-9H2,1-2H3. The van der Waals surface area contributed by atoms with Gasteiger partial charge in [0.1, 0.15) is 12.4 Å². The molecule has 2 rings (SSSR count). The number of halogens is 1. The van der Waals surface area contributed by atoms with Gasteiger partial charge in [0.05, 0.1) is 5.56 Å². The van der Waals surface area contributed by atoms with Crippen LogP contribution in [-0.4, -0.2) is 48.3 Å². The molecule has 0 atom stereocenters.